The van der Waals surface area contributed by atoms with E-state index in [1.165, 1.54) is 0 Å². The Morgan fingerprint density at radius 3 is 2.14 bits per heavy atom. The zero-order valence-electron chi connectivity index (χ0n) is 19.8. The first kappa shape index (κ1) is 23.8. The van der Waals surface area contributed by atoms with Gasteiger partial charge in [0.2, 0.25) is 6.29 Å². The highest BCUT2D eigenvalue weighted by Crippen LogP contribution is 2.37. The fourth-order valence-corrected chi connectivity index (χ4v) is 4.42. The normalized spacial score (nSPS) is 28.2. The molecule has 2 heterocycles. The number of hydrogen-bond donors (Lipinski definition) is 0. The van der Waals surface area contributed by atoms with Gasteiger partial charge in [-0.05, 0) is 29.8 Å². The molecular weight excluding hydrogens is 448 g/mol. The highest BCUT2D eigenvalue weighted by atomic mass is 16.8. The van der Waals surface area contributed by atoms with Crippen LogP contribution >= 0.6 is 0 Å². The van der Waals surface area contributed by atoms with Gasteiger partial charge in [0.1, 0.15) is 35.9 Å². The van der Waals surface area contributed by atoms with E-state index in [1.54, 1.807) is 14.2 Å². The summed E-state index contributed by atoms with van der Waals surface area (Å²) in [5.74, 6) is 1.38. The Bertz CT molecular complexity index is 1040. The second kappa shape index (κ2) is 11.2. The van der Waals surface area contributed by atoms with Crippen molar-refractivity contribution in [1.82, 2.24) is 0 Å². The van der Waals surface area contributed by atoms with Gasteiger partial charge in [0.05, 0.1) is 20.3 Å². The molecule has 2 fully saturated rings. The summed E-state index contributed by atoms with van der Waals surface area (Å²) in [5, 5.41) is 0. The van der Waals surface area contributed by atoms with E-state index in [9.17, 15) is 0 Å². The molecule has 0 amide bonds. The highest BCUT2D eigenvalue weighted by molar-refractivity contribution is 5.31. The monoisotopic (exact) mass is 478 g/mol. The van der Waals surface area contributed by atoms with Crippen LogP contribution in [0, 0.1) is 0 Å². The standard InChI is InChI=1S/C28H30O7/c1-29-21-13-15-22(16-14-21)33-28-26(31-17-19-9-5-3-6-10-19)25(30-2)24-23(34-28)18-32-27(35-24)20-11-7-4-8-12-20/h3-16,23-28H,17-18H2,1-2H3/t23-,24+,25-,26+,27?,28+/m0/s1. The molecule has 2 saturated heterocycles. The summed E-state index contributed by atoms with van der Waals surface area (Å²) in [6.07, 6.45) is -2.98. The van der Waals surface area contributed by atoms with Crippen LogP contribution in [0.1, 0.15) is 17.4 Å². The fraction of sp³-hybridized carbons (Fsp3) is 0.357. The lowest BCUT2D eigenvalue weighted by Crippen LogP contribution is -2.64. The summed E-state index contributed by atoms with van der Waals surface area (Å²) in [7, 11) is 3.29. The van der Waals surface area contributed by atoms with Crippen molar-refractivity contribution in [2.75, 3.05) is 20.8 Å². The largest absolute Gasteiger partial charge is 0.497 e. The number of ether oxygens (including phenoxy) is 7. The third-order valence-electron chi connectivity index (χ3n) is 6.22. The molecule has 7 heteroatoms. The van der Waals surface area contributed by atoms with Crippen LogP contribution < -0.4 is 9.47 Å². The van der Waals surface area contributed by atoms with Crippen LogP contribution in [0.15, 0.2) is 84.9 Å². The van der Waals surface area contributed by atoms with Gasteiger partial charge in [-0.1, -0.05) is 60.7 Å². The van der Waals surface area contributed by atoms with Gasteiger partial charge in [0, 0.05) is 12.7 Å². The fourth-order valence-electron chi connectivity index (χ4n) is 4.42. The van der Waals surface area contributed by atoms with Gasteiger partial charge in [-0.25, -0.2) is 0 Å². The minimum atomic E-state index is -0.723. The molecule has 0 N–H and O–H groups in total. The third-order valence-corrected chi connectivity index (χ3v) is 6.22. The number of hydrogen-bond acceptors (Lipinski definition) is 7. The van der Waals surface area contributed by atoms with E-state index in [0.29, 0.717) is 19.0 Å². The van der Waals surface area contributed by atoms with Crippen LogP contribution in [0.4, 0.5) is 0 Å². The Balaban J connectivity index is 1.38. The van der Waals surface area contributed by atoms with Crippen LogP contribution in [0.5, 0.6) is 11.5 Å². The lowest BCUT2D eigenvalue weighted by atomic mass is 9.97. The van der Waals surface area contributed by atoms with Crippen molar-refractivity contribution in [2.24, 2.45) is 0 Å². The second-order valence-corrected chi connectivity index (χ2v) is 8.47. The van der Waals surface area contributed by atoms with Crippen LogP contribution in [-0.4, -0.2) is 51.5 Å². The molecule has 7 nitrogen and oxygen atoms in total. The van der Waals surface area contributed by atoms with E-state index >= 15 is 0 Å². The zero-order chi connectivity index (χ0) is 24.0. The number of benzene rings is 3. The molecule has 2 aliphatic rings. The van der Waals surface area contributed by atoms with E-state index in [2.05, 4.69) is 0 Å². The molecule has 5 rings (SSSR count). The van der Waals surface area contributed by atoms with Gasteiger partial charge in [-0.2, -0.15) is 0 Å². The SMILES string of the molecule is COc1ccc(O[C@@H]2O[C@H]3COC(c4ccccc4)O[C@H]3[C@H](OC)[C@H]2OCc2ccccc2)cc1. The van der Waals surface area contributed by atoms with Gasteiger partial charge < -0.3 is 33.2 Å². The summed E-state index contributed by atoms with van der Waals surface area (Å²) in [4.78, 5) is 0. The number of methoxy groups -OCH3 is 2. The molecule has 0 aliphatic carbocycles. The first-order chi connectivity index (χ1) is 17.2. The molecule has 1 unspecified atom stereocenters. The first-order valence-corrected chi connectivity index (χ1v) is 11.7. The number of rotatable bonds is 8. The zero-order valence-corrected chi connectivity index (χ0v) is 19.8. The van der Waals surface area contributed by atoms with Gasteiger partial charge in [-0.3, -0.25) is 0 Å². The Hall–Kier alpha value is -2.94. The number of fused-ring (bicyclic) bond motifs is 1. The molecule has 0 aromatic heterocycles. The summed E-state index contributed by atoms with van der Waals surface area (Å²) < 4.78 is 42.6. The highest BCUT2D eigenvalue weighted by Gasteiger charge is 2.52. The maximum absolute atomic E-state index is 6.37. The lowest BCUT2D eigenvalue weighted by molar-refractivity contribution is -0.358. The van der Waals surface area contributed by atoms with Gasteiger partial charge in [-0.15, -0.1) is 0 Å². The maximum atomic E-state index is 6.37. The third kappa shape index (κ3) is 5.50. The minimum Gasteiger partial charge on any atom is -0.497 e. The summed E-state index contributed by atoms with van der Waals surface area (Å²) >= 11 is 0. The molecule has 35 heavy (non-hydrogen) atoms. The van der Waals surface area contributed by atoms with Crippen molar-refractivity contribution >= 4 is 0 Å². The lowest BCUT2D eigenvalue weighted by Gasteiger charge is -2.48. The maximum Gasteiger partial charge on any atom is 0.229 e. The van der Waals surface area contributed by atoms with E-state index in [-0.39, 0.29) is 6.10 Å². The topological polar surface area (TPSA) is 64.6 Å². The molecule has 0 spiro atoms. The molecule has 0 saturated carbocycles. The molecule has 2 aliphatic heterocycles. The van der Waals surface area contributed by atoms with E-state index in [1.807, 2.05) is 84.9 Å². The van der Waals surface area contributed by atoms with E-state index < -0.39 is 30.9 Å². The van der Waals surface area contributed by atoms with Crippen molar-refractivity contribution in [2.45, 2.75) is 43.6 Å². The first-order valence-electron chi connectivity index (χ1n) is 11.7. The predicted molar refractivity (Wildman–Crippen MR) is 128 cm³/mol. The Morgan fingerprint density at radius 1 is 0.771 bits per heavy atom. The Morgan fingerprint density at radius 2 is 1.46 bits per heavy atom. The van der Waals surface area contributed by atoms with Crippen LogP contribution in [0.2, 0.25) is 0 Å². The van der Waals surface area contributed by atoms with Crippen molar-refractivity contribution in [3.05, 3.63) is 96.1 Å². The average molecular weight is 479 g/mol. The van der Waals surface area contributed by atoms with Crippen LogP contribution in [0.3, 0.4) is 0 Å². The van der Waals surface area contributed by atoms with Gasteiger partial charge in [0.25, 0.3) is 0 Å². The molecule has 184 valence electrons. The smallest absolute Gasteiger partial charge is 0.229 e. The minimum absolute atomic E-state index is 0.345. The summed E-state index contributed by atoms with van der Waals surface area (Å²) in [6, 6.07) is 27.2. The Kier molecular flexibility index (Phi) is 7.61. The molecule has 3 aromatic carbocycles. The molecule has 0 bridgehead atoms. The van der Waals surface area contributed by atoms with Crippen molar-refractivity contribution in [1.29, 1.82) is 0 Å². The predicted octanol–water partition coefficient (Wildman–Crippen LogP) is 4.51. The second-order valence-electron chi connectivity index (χ2n) is 8.47. The molecule has 3 aromatic rings. The molecule has 0 radical (unpaired) electrons. The summed E-state index contributed by atoms with van der Waals surface area (Å²) in [5.41, 5.74) is 1.99. The van der Waals surface area contributed by atoms with Gasteiger partial charge >= 0.3 is 0 Å². The Labute approximate surface area is 205 Å². The average Bonchev–Trinajstić information content (AvgIpc) is 2.93. The van der Waals surface area contributed by atoms with Crippen LogP contribution in [-0.2, 0) is 30.3 Å². The van der Waals surface area contributed by atoms with E-state index in [4.69, 9.17) is 33.2 Å². The van der Waals surface area contributed by atoms with Crippen LogP contribution in [0.25, 0.3) is 0 Å². The van der Waals surface area contributed by atoms with E-state index in [0.717, 1.165) is 16.9 Å². The van der Waals surface area contributed by atoms with Crippen molar-refractivity contribution in [3.8, 4) is 11.5 Å². The molecular formula is C28H30O7. The van der Waals surface area contributed by atoms with Crippen molar-refractivity contribution < 1.29 is 33.2 Å². The summed E-state index contributed by atoms with van der Waals surface area (Å²) in [6.45, 7) is 0.727. The molecule has 6 atom stereocenters. The van der Waals surface area contributed by atoms with Gasteiger partial charge in [0.15, 0.2) is 6.29 Å². The van der Waals surface area contributed by atoms with Crippen molar-refractivity contribution in [3.63, 3.8) is 0 Å². The quantitative estimate of drug-likeness (QED) is 0.472.